The van der Waals surface area contributed by atoms with E-state index in [9.17, 15) is 0 Å². The highest BCUT2D eigenvalue weighted by molar-refractivity contribution is 6.30. The first kappa shape index (κ1) is 9.09. The van der Waals surface area contributed by atoms with Gasteiger partial charge in [0.05, 0.1) is 0 Å². The van der Waals surface area contributed by atoms with Crippen LogP contribution in [0.1, 0.15) is 0 Å². The Morgan fingerprint density at radius 1 is 1.29 bits per heavy atom. The molecule has 4 heteroatoms. The topological polar surface area (TPSA) is 38.1 Å². The van der Waals surface area contributed by atoms with Gasteiger partial charge in [-0.1, -0.05) is 28.9 Å². The zero-order valence-corrected chi connectivity index (χ0v) is 8.38. The lowest BCUT2D eigenvalue weighted by molar-refractivity contribution is 0.436. The predicted octanol–water partition coefficient (Wildman–Crippen LogP) is 3.04. The number of hydrogen-bond acceptors (Lipinski definition) is 3. The van der Waals surface area contributed by atoms with Crippen LogP contribution in [0, 0.1) is 0 Å². The number of anilines is 1. The summed E-state index contributed by atoms with van der Waals surface area (Å²) in [5.41, 5.74) is 1.78. The monoisotopic (exact) mass is 208 g/mol. The molecule has 0 aliphatic rings. The van der Waals surface area contributed by atoms with Crippen LogP contribution in [0.2, 0.25) is 5.02 Å². The molecule has 1 heterocycles. The van der Waals surface area contributed by atoms with E-state index in [-0.39, 0.29) is 0 Å². The molecule has 0 spiro atoms. The first-order valence-corrected chi connectivity index (χ1v) is 4.58. The molecule has 0 aliphatic carbocycles. The summed E-state index contributed by atoms with van der Waals surface area (Å²) in [7, 11) is 1.78. The average molecular weight is 209 g/mol. The second kappa shape index (κ2) is 3.72. The number of halogens is 1. The smallest absolute Gasteiger partial charge is 0.225 e. The molecule has 2 aromatic rings. The van der Waals surface area contributed by atoms with Crippen molar-refractivity contribution in [3.63, 3.8) is 0 Å². The lowest BCUT2D eigenvalue weighted by atomic mass is 10.1. The summed E-state index contributed by atoms with van der Waals surface area (Å²) >= 11 is 5.78. The van der Waals surface area contributed by atoms with Gasteiger partial charge in [0, 0.05) is 23.7 Å². The third-order valence-electron chi connectivity index (χ3n) is 1.90. The second-order valence-electron chi connectivity index (χ2n) is 2.83. The van der Waals surface area contributed by atoms with Crippen molar-refractivity contribution < 1.29 is 4.52 Å². The highest BCUT2D eigenvalue weighted by Gasteiger charge is 2.04. The van der Waals surface area contributed by atoms with Gasteiger partial charge < -0.3 is 9.84 Å². The highest BCUT2D eigenvalue weighted by Crippen LogP contribution is 2.22. The molecule has 0 saturated heterocycles. The SMILES string of the molecule is CNc1cc(-c2ccc(Cl)cc2)no1. The summed E-state index contributed by atoms with van der Waals surface area (Å²) < 4.78 is 5.00. The number of rotatable bonds is 2. The van der Waals surface area contributed by atoms with E-state index >= 15 is 0 Å². The minimum absolute atomic E-state index is 0.648. The fourth-order valence-electron chi connectivity index (χ4n) is 1.15. The minimum Gasteiger partial charge on any atom is -0.357 e. The van der Waals surface area contributed by atoms with Gasteiger partial charge in [-0.2, -0.15) is 0 Å². The van der Waals surface area contributed by atoms with Crippen LogP contribution in [0.15, 0.2) is 34.9 Å². The molecule has 3 nitrogen and oxygen atoms in total. The van der Waals surface area contributed by atoms with Crippen molar-refractivity contribution in [3.8, 4) is 11.3 Å². The largest absolute Gasteiger partial charge is 0.357 e. The molecule has 2 rings (SSSR count). The van der Waals surface area contributed by atoms with Gasteiger partial charge in [0.2, 0.25) is 5.88 Å². The molecule has 72 valence electrons. The van der Waals surface area contributed by atoms with Gasteiger partial charge in [-0.15, -0.1) is 0 Å². The van der Waals surface area contributed by atoms with Crippen molar-refractivity contribution in [2.75, 3.05) is 12.4 Å². The Morgan fingerprint density at radius 3 is 2.57 bits per heavy atom. The molecule has 0 atom stereocenters. The number of nitrogens with one attached hydrogen (secondary N) is 1. The maximum atomic E-state index is 5.78. The maximum Gasteiger partial charge on any atom is 0.225 e. The quantitative estimate of drug-likeness (QED) is 0.825. The van der Waals surface area contributed by atoms with Gasteiger partial charge in [0.1, 0.15) is 5.69 Å². The normalized spacial score (nSPS) is 10.1. The first-order valence-electron chi connectivity index (χ1n) is 4.20. The molecule has 1 N–H and O–H groups in total. The van der Waals surface area contributed by atoms with E-state index in [0.717, 1.165) is 11.3 Å². The van der Waals surface area contributed by atoms with Gasteiger partial charge in [-0.3, -0.25) is 0 Å². The summed E-state index contributed by atoms with van der Waals surface area (Å²) in [6, 6.07) is 9.29. The zero-order valence-electron chi connectivity index (χ0n) is 7.62. The van der Waals surface area contributed by atoms with Gasteiger partial charge in [-0.05, 0) is 12.1 Å². The molecule has 0 aliphatic heterocycles. The fraction of sp³-hybridized carbons (Fsp3) is 0.100. The molecule has 0 bridgehead atoms. The van der Waals surface area contributed by atoms with Crippen LogP contribution in [0.4, 0.5) is 5.88 Å². The Labute approximate surface area is 86.7 Å². The van der Waals surface area contributed by atoms with Gasteiger partial charge in [-0.25, -0.2) is 0 Å². The van der Waals surface area contributed by atoms with E-state index in [0.29, 0.717) is 10.9 Å². The van der Waals surface area contributed by atoms with E-state index in [4.69, 9.17) is 16.1 Å². The summed E-state index contributed by atoms with van der Waals surface area (Å²) in [5.74, 6) is 0.648. The Balaban J connectivity index is 2.34. The molecule has 1 aromatic heterocycles. The number of nitrogens with zero attached hydrogens (tertiary/aromatic N) is 1. The molecule has 0 unspecified atom stereocenters. The molecular weight excluding hydrogens is 200 g/mol. The van der Waals surface area contributed by atoms with Crippen LogP contribution in [0.3, 0.4) is 0 Å². The molecule has 1 aromatic carbocycles. The third kappa shape index (κ3) is 1.72. The fourth-order valence-corrected chi connectivity index (χ4v) is 1.28. The van der Waals surface area contributed by atoms with E-state index in [1.54, 1.807) is 7.05 Å². The highest BCUT2D eigenvalue weighted by atomic mass is 35.5. The molecule has 0 fully saturated rings. The standard InChI is InChI=1S/C10H9ClN2O/c1-12-10-6-9(13-14-10)7-2-4-8(11)5-3-7/h2-6,12H,1H3. The number of benzene rings is 1. The summed E-state index contributed by atoms with van der Waals surface area (Å²) in [6.45, 7) is 0. The van der Waals surface area contributed by atoms with Crippen LogP contribution in [-0.2, 0) is 0 Å². The lowest BCUT2D eigenvalue weighted by Gasteiger charge is -1.93. The maximum absolute atomic E-state index is 5.78. The average Bonchev–Trinajstić information content (AvgIpc) is 2.67. The Hall–Kier alpha value is -1.48. The van der Waals surface area contributed by atoms with Crippen LogP contribution < -0.4 is 5.32 Å². The molecule has 0 radical (unpaired) electrons. The molecule has 14 heavy (non-hydrogen) atoms. The van der Waals surface area contributed by atoms with Crippen molar-refractivity contribution in [3.05, 3.63) is 35.4 Å². The van der Waals surface area contributed by atoms with Crippen LogP contribution in [0.5, 0.6) is 0 Å². The Kier molecular flexibility index (Phi) is 2.41. The van der Waals surface area contributed by atoms with Crippen molar-refractivity contribution >= 4 is 17.5 Å². The van der Waals surface area contributed by atoms with Crippen LogP contribution >= 0.6 is 11.6 Å². The summed E-state index contributed by atoms with van der Waals surface area (Å²) in [4.78, 5) is 0. The molecular formula is C10H9ClN2O. The van der Waals surface area contributed by atoms with Gasteiger partial charge in [0.15, 0.2) is 0 Å². The second-order valence-corrected chi connectivity index (χ2v) is 3.27. The zero-order chi connectivity index (χ0) is 9.97. The van der Waals surface area contributed by atoms with Crippen molar-refractivity contribution in [2.45, 2.75) is 0 Å². The predicted molar refractivity (Wildman–Crippen MR) is 56.5 cm³/mol. The van der Waals surface area contributed by atoms with Crippen molar-refractivity contribution in [2.24, 2.45) is 0 Å². The Morgan fingerprint density at radius 2 is 2.00 bits per heavy atom. The third-order valence-corrected chi connectivity index (χ3v) is 2.15. The van der Waals surface area contributed by atoms with Crippen LogP contribution in [0.25, 0.3) is 11.3 Å². The van der Waals surface area contributed by atoms with Crippen molar-refractivity contribution in [1.29, 1.82) is 0 Å². The summed E-state index contributed by atoms with van der Waals surface area (Å²) in [6.07, 6.45) is 0. The molecule has 0 amide bonds. The molecule has 0 saturated carbocycles. The van der Waals surface area contributed by atoms with E-state index in [2.05, 4.69) is 10.5 Å². The van der Waals surface area contributed by atoms with E-state index in [1.165, 1.54) is 0 Å². The minimum atomic E-state index is 0.648. The Bertz CT molecular complexity index is 422. The van der Waals surface area contributed by atoms with Gasteiger partial charge in [0.25, 0.3) is 0 Å². The van der Waals surface area contributed by atoms with Crippen LogP contribution in [-0.4, -0.2) is 12.2 Å². The van der Waals surface area contributed by atoms with Crippen molar-refractivity contribution in [1.82, 2.24) is 5.16 Å². The number of aromatic nitrogens is 1. The first-order chi connectivity index (χ1) is 6.79. The number of hydrogen-bond donors (Lipinski definition) is 1. The summed E-state index contributed by atoms with van der Waals surface area (Å²) in [5, 5.41) is 7.49. The van der Waals surface area contributed by atoms with Gasteiger partial charge >= 0.3 is 0 Å². The van der Waals surface area contributed by atoms with E-state index in [1.807, 2.05) is 30.3 Å². The lowest BCUT2D eigenvalue weighted by Crippen LogP contribution is -1.82. The van der Waals surface area contributed by atoms with E-state index < -0.39 is 0 Å².